The van der Waals surface area contributed by atoms with Crippen LogP contribution in [0.15, 0.2) is 41.5 Å². The van der Waals surface area contributed by atoms with Gasteiger partial charge in [0, 0.05) is 48.5 Å². The number of pyridine rings is 1. The first kappa shape index (κ1) is 22.2. The number of aromatic nitrogens is 5. The molecule has 1 aliphatic heterocycles. The third-order valence-corrected chi connectivity index (χ3v) is 7.00. The van der Waals surface area contributed by atoms with Crippen LogP contribution < -0.4 is 10.5 Å². The van der Waals surface area contributed by atoms with Crippen molar-refractivity contribution in [2.45, 2.75) is 31.9 Å². The van der Waals surface area contributed by atoms with E-state index in [0.29, 0.717) is 42.9 Å². The maximum absolute atomic E-state index is 15.0. The van der Waals surface area contributed by atoms with Gasteiger partial charge in [-0.3, -0.25) is 14.0 Å². The van der Waals surface area contributed by atoms with Gasteiger partial charge in [0.25, 0.3) is 5.56 Å². The first-order chi connectivity index (χ1) is 16.9. The molecule has 1 saturated heterocycles. The molecule has 0 N–H and O–H groups in total. The standard InChI is InChI=1S/C25H24ClFN6O2/c1-14-29-20-10-22(32-7-8-35-21(13-32)15-11-28-33(12-15)17-4-5-17)30-24(23(20)25(34)31(14)2)18-6-3-16(26)9-19(18)27/h3,6,9-12,17,21H,4-5,7-8,13H2,1-2H3/t21-/m1/s1. The second kappa shape index (κ2) is 8.42. The molecule has 1 saturated carbocycles. The van der Waals surface area contributed by atoms with E-state index in [1.807, 2.05) is 10.9 Å². The van der Waals surface area contributed by atoms with Crippen LogP contribution in [0.4, 0.5) is 10.2 Å². The van der Waals surface area contributed by atoms with Crippen molar-refractivity contribution in [1.82, 2.24) is 24.3 Å². The van der Waals surface area contributed by atoms with E-state index in [1.54, 1.807) is 32.2 Å². The lowest BCUT2D eigenvalue weighted by atomic mass is 10.1. The number of hydrogen-bond donors (Lipinski definition) is 0. The van der Waals surface area contributed by atoms with E-state index in [0.717, 1.165) is 18.4 Å². The van der Waals surface area contributed by atoms with Gasteiger partial charge in [0.1, 0.15) is 23.6 Å². The second-order valence-corrected chi connectivity index (χ2v) is 9.60. The summed E-state index contributed by atoms with van der Waals surface area (Å²) in [6.45, 7) is 3.44. The molecule has 1 aromatic carbocycles. The summed E-state index contributed by atoms with van der Waals surface area (Å²) in [6, 6.07) is 6.67. The molecule has 4 heterocycles. The Hall–Kier alpha value is -3.30. The van der Waals surface area contributed by atoms with Crippen LogP contribution in [-0.2, 0) is 11.8 Å². The number of halogens is 2. The normalized spacial score (nSPS) is 18.4. The molecule has 0 radical (unpaired) electrons. The summed E-state index contributed by atoms with van der Waals surface area (Å²) in [7, 11) is 1.65. The molecule has 8 nitrogen and oxygen atoms in total. The van der Waals surface area contributed by atoms with Crippen molar-refractivity contribution in [3.63, 3.8) is 0 Å². The molecule has 3 aromatic heterocycles. The van der Waals surface area contributed by atoms with Crippen molar-refractivity contribution in [3.05, 3.63) is 69.2 Å². The minimum Gasteiger partial charge on any atom is -0.370 e. The van der Waals surface area contributed by atoms with Gasteiger partial charge >= 0.3 is 0 Å². The monoisotopic (exact) mass is 494 g/mol. The number of fused-ring (bicyclic) bond motifs is 1. The highest BCUT2D eigenvalue weighted by molar-refractivity contribution is 6.30. The Bertz CT molecular complexity index is 1510. The Kier molecular flexibility index (Phi) is 5.34. The van der Waals surface area contributed by atoms with Crippen molar-refractivity contribution in [3.8, 4) is 11.3 Å². The smallest absolute Gasteiger partial charge is 0.263 e. The zero-order chi connectivity index (χ0) is 24.3. The van der Waals surface area contributed by atoms with Crippen molar-refractivity contribution in [1.29, 1.82) is 0 Å². The first-order valence-electron chi connectivity index (χ1n) is 11.6. The fourth-order valence-corrected chi connectivity index (χ4v) is 4.70. The van der Waals surface area contributed by atoms with Gasteiger partial charge in [-0.05, 0) is 38.0 Å². The molecular weight excluding hydrogens is 471 g/mol. The van der Waals surface area contributed by atoms with Crippen molar-refractivity contribution in [2.75, 3.05) is 24.6 Å². The molecule has 2 fully saturated rings. The van der Waals surface area contributed by atoms with E-state index >= 15 is 4.39 Å². The molecule has 1 atom stereocenters. The van der Waals surface area contributed by atoms with Gasteiger partial charge in [0.15, 0.2) is 0 Å². The van der Waals surface area contributed by atoms with Crippen LogP contribution in [0.3, 0.4) is 0 Å². The molecule has 1 aliphatic carbocycles. The summed E-state index contributed by atoms with van der Waals surface area (Å²) < 4.78 is 24.5. The average Bonchev–Trinajstić information content (AvgIpc) is 3.58. The number of aryl methyl sites for hydroxylation is 1. The van der Waals surface area contributed by atoms with E-state index in [1.165, 1.54) is 10.6 Å². The number of anilines is 1. The molecule has 6 rings (SSSR count). The predicted molar refractivity (Wildman–Crippen MR) is 131 cm³/mol. The predicted octanol–water partition coefficient (Wildman–Crippen LogP) is 4.21. The average molecular weight is 495 g/mol. The molecule has 2 aliphatic rings. The Morgan fingerprint density at radius 3 is 2.80 bits per heavy atom. The van der Waals surface area contributed by atoms with E-state index in [2.05, 4.69) is 21.2 Å². The van der Waals surface area contributed by atoms with Gasteiger partial charge in [-0.15, -0.1) is 0 Å². The summed E-state index contributed by atoms with van der Waals surface area (Å²) in [5, 5.41) is 5.04. The van der Waals surface area contributed by atoms with Crippen LogP contribution in [0.1, 0.15) is 36.4 Å². The molecule has 0 bridgehead atoms. The lowest BCUT2D eigenvalue weighted by Gasteiger charge is -2.33. The number of hydrogen-bond acceptors (Lipinski definition) is 6. The van der Waals surface area contributed by atoms with Crippen LogP contribution in [-0.4, -0.2) is 44.0 Å². The first-order valence-corrected chi connectivity index (χ1v) is 12.0. The lowest BCUT2D eigenvalue weighted by Crippen LogP contribution is -2.39. The largest absolute Gasteiger partial charge is 0.370 e. The molecule has 35 heavy (non-hydrogen) atoms. The number of rotatable bonds is 4. The summed E-state index contributed by atoms with van der Waals surface area (Å²) in [5.41, 5.74) is 1.69. The maximum Gasteiger partial charge on any atom is 0.263 e. The van der Waals surface area contributed by atoms with Crippen LogP contribution in [0.2, 0.25) is 5.02 Å². The van der Waals surface area contributed by atoms with Gasteiger partial charge < -0.3 is 9.64 Å². The van der Waals surface area contributed by atoms with Crippen LogP contribution in [0, 0.1) is 12.7 Å². The zero-order valence-electron chi connectivity index (χ0n) is 19.4. The highest BCUT2D eigenvalue weighted by Gasteiger charge is 2.29. The lowest BCUT2D eigenvalue weighted by molar-refractivity contribution is 0.0395. The summed E-state index contributed by atoms with van der Waals surface area (Å²) in [6.07, 6.45) is 6.08. The van der Waals surface area contributed by atoms with E-state index in [4.69, 9.17) is 21.3 Å². The number of nitrogens with zero attached hydrogens (tertiary/aromatic N) is 6. The van der Waals surface area contributed by atoms with E-state index in [-0.39, 0.29) is 33.3 Å². The summed E-state index contributed by atoms with van der Waals surface area (Å²) >= 11 is 5.98. The fourth-order valence-electron chi connectivity index (χ4n) is 4.54. The molecular formula is C25H24ClFN6O2. The Balaban J connectivity index is 1.45. The van der Waals surface area contributed by atoms with Gasteiger partial charge in [-0.25, -0.2) is 14.4 Å². The SMILES string of the molecule is Cc1nc2cc(N3CCO[C@@H](c4cnn(C5CC5)c4)C3)nc(-c3ccc(Cl)cc3F)c2c(=O)n1C. The molecule has 0 amide bonds. The Morgan fingerprint density at radius 1 is 1.20 bits per heavy atom. The fraction of sp³-hybridized carbons (Fsp3) is 0.360. The van der Waals surface area contributed by atoms with E-state index < -0.39 is 5.82 Å². The van der Waals surface area contributed by atoms with Crippen LogP contribution >= 0.6 is 11.6 Å². The minimum atomic E-state index is -0.543. The Labute approximate surface area is 205 Å². The van der Waals surface area contributed by atoms with E-state index in [9.17, 15) is 4.79 Å². The third-order valence-electron chi connectivity index (χ3n) is 6.76. The van der Waals surface area contributed by atoms with Crippen LogP contribution in [0.25, 0.3) is 22.2 Å². The van der Waals surface area contributed by atoms with Gasteiger partial charge in [0.2, 0.25) is 0 Å². The third kappa shape index (κ3) is 3.98. The highest BCUT2D eigenvalue weighted by Crippen LogP contribution is 2.36. The molecule has 10 heteroatoms. The molecule has 180 valence electrons. The van der Waals surface area contributed by atoms with Gasteiger partial charge in [-0.2, -0.15) is 5.10 Å². The Morgan fingerprint density at radius 2 is 2.03 bits per heavy atom. The zero-order valence-corrected chi connectivity index (χ0v) is 20.2. The quantitative estimate of drug-likeness (QED) is 0.423. The van der Waals surface area contributed by atoms with Crippen molar-refractivity contribution < 1.29 is 9.13 Å². The molecule has 4 aromatic rings. The number of morpholine rings is 1. The topological polar surface area (TPSA) is 78.1 Å². The summed E-state index contributed by atoms with van der Waals surface area (Å²) in [5.74, 6) is 0.637. The van der Waals surface area contributed by atoms with Gasteiger partial charge in [-0.1, -0.05) is 11.6 Å². The minimum absolute atomic E-state index is 0.164. The molecule has 0 spiro atoms. The number of benzene rings is 1. The van der Waals surface area contributed by atoms with Crippen molar-refractivity contribution >= 4 is 28.3 Å². The summed E-state index contributed by atoms with van der Waals surface area (Å²) in [4.78, 5) is 24.7. The number of ether oxygens (including phenoxy) is 1. The van der Waals surface area contributed by atoms with Crippen molar-refractivity contribution in [2.24, 2.45) is 7.05 Å². The molecule has 0 unspecified atom stereocenters. The van der Waals surface area contributed by atoms with Crippen LogP contribution in [0.5, 0.6) is 0 Å². The maximum atomic E-state index is 15.0. The second-order valence-electron chi connectivity index (χ2n) is 9.16. The highest BCUT2D eigenvalue weighted by atomic mass is 35.5. The van der Waals surface area contributed by atoms with Gasteiger partial charge in [0.05, 0.1) is 35.4 Å².